The third kappa shape index (κ3) is 2.89. The van der Waals surface area contributed by atoms with Crippen molar-refractivity contribution in [3.63, 3.8) is 0 Å². The van der Waals surface area contributed by atoms with Gasteiger partial charge < -0.3 is 10.6 Å². The predicted octanol–water partition coefficient (Wildman–Crippen LogP) is 4.24. The molecule has 24 heavy (non-hydrogen) atoms. The van der Waals surface area contributed by atoms with E-state index in [0.717, 1.165) is 40.3 Å². The lowest BCUT2D eigenvalue weighted by atomic mass is 9.96. The summed E-state index contributed by atoms with van der Waals surface area (Å²) in [5.41, 5.74) is 2.39. The molecule has 0 unspecified atom stereocenters. The smallest absolute Gasteiger partial charge is 0.319 e. The van der Waals surface area contributed by atoms with Crippen molar-refractivity contribution in [1.29, 1.82) is 0 Å². The Morgan fingerprint density at radius 3 is 2.58 bits per heavy atom. The number of aromatic nitrogens is 2. The third-order valence-corrected chi connectivity index (χ3v) is 4.65. The number of nitrogens with one attached hydrogen (secondary N) is 2. The summed E-state index contributed by atoms with van der Waals surface area (Å²) in [6, 6.07) is 9.84. The number of carbonyl (C=O) groups excluding carboxylic acids is 1. The number of hydrogen-bond donors (Lipinski definition) is 2. The van der Waals surface area contributed by atoms with Crippen LogP contribution in [0, 0.1) is 0 Å². The van der Waals surface area contributed by atoms with E-state index in [4.69, 9.17) is 0 Å². The molecule has 1 saturated carbocycles. The molecular weight excluding hydrogens is 300 g/mol. The third-order valence-electron chi connectivity index (χ3n) is 4.65. The maximum atomic E-state index is 12.4. The molecule has 2 aromatic heterocycles. The van der Waals surface area contributed by atoms with Crippen LogP contribution in [0.1, 0.15) is 32.1 Å². The largest absolute Gasteiger partial charge is 0.335 e. The standard InChI is InChI=1S/C19H20N4O/c24-19(22-14-7-2-1-3-8-14)23-16-12-13-6-4-10-20-17(13)15-9-5-11-21-18(15)16/h4-6,9-12,14H,1-3,7-8H2,(H2,22,23,24). The van der Waals surface area contributed by atoms with Crippen molar-refractivity contribution in [1.82, 2.24) is 15.3 Å². The minimum Gasteiger partial charge on any atom is -0.335 e. The molecule has 2 N–H and O–H groups in total. The molecule has 0 spiro atoms. The van der Waals surface area contributed by atoms with Gasteiger partial charge in [-0.3, -0.25) is 9.97 Å². The first kappa shape index (κ1) is 14.9. The molecule has 2 amide bonds. The Kier molecular flexibility index (Phi) is 3.99. The molecule has 2 heterocycles. The first-order valence-corrected chi connectivity index (χ1v) is 8.51. The highest BCUT2D eigenvalue weighted by Gasteiger charge is 2.17. The first-order chi connectivity index (χ1) is 11.8. The SMILES string of the molecule is O=C(Nc1cc2cccnc2c2cccnc12)NC1CCCCC1. The fourth-order valence-electron chi connectivity index (χ4n) is 3.48. The van der Waals surface area contributed by atoms with Crippen molar-refractivity contribution in [3.05, 3.63) is 42.7 Å². The van der Waals surface area contributed by atoms with E-state index in [0.29, 0.717) is 0 Å². The van der Waals surface area contributed by atoms with Gasteiger partial charge in [0, 0.05) is 29.2 Å². The molecule has 1 aliphatic carbocycles. The lowest BCUT2D eigenvalue weighted by Crippen LogP contribution is -2.39. The van der Waals surface area contributed by atoms with E-state index in [1.54, 1.807) is 12.4 Å². The number of urea groups is 1. The molecule has 1 aliphatic rings. The molecule has 0 atom stereocenters. The van der Waals surface area contributed by atoms with Gasteiger partial charge >= 0.3 is 6.03 Å². The van der Waals surface area contributed by atoms with Crippen LogP contribution < -0.4 is 10.6 Å². The molecular formula is C19H20N4O. The van der Waals surface area contributed by atoms with E-state index in [9.17, 15) is 4.79 Å². The molecule has 0 saturated heterocycles. The zero-order valence-corrected chi connectivity index (χ0v) is 13.5. The van der Waals surface area contributed by atoms with Crippen LogP contribution in [0.4, 0.5) is 10.5 Å². The van der Waals surface area contributed by atoms with E-state index in [-0.39, 0.29) is 12.1 Å². The summed E-state index contributed by atoms with van der Waals surface area (Å²) in [7, 11) is 0. The fourth-order valence-corrected chi connectivity index (χ4v) is 3.48. The van der Waals surface area contributed by atoms with Gasteiger partial charge in [-0.15, -0.1) is 0 Å². The highest BCUT2D eigenvalue weighted by atomic mass is 16.2. The van der Waals surface area contributed by atoms with Crippen molar-refractivity contribution in [3.8, 4) is 0 Å². The lowest BCUT2D eigenvalue weighted by molar-refractivity contribution is 0.244. The van der Waals surface area contributed by atoms with Crippen LogP contribution in [-0.2, 0) is 0 Å². The van der Waals surface area contributed by atoms with Crippen LogP contribution in [0.25, 0.3) is 21.8 Å². The summed E-state index contributed by atoms with van der Waals surface area (Å²) >= 11 is 0. The molecule has 0 aliphatic heterocycles. The van der Waals surface area contributed by atoms with Gasteiger partial charge in [0.1, 0.15) is 0 Å². The average molecular weight is 320 g/mol. The molecule has 0 radical (unpaired) electrons. The van der Waals surface area contributed by atoms with Crippen LogP contribution in [0.15, 0.2) is 42.7 Å². The van der Waals surface area contributed by atoms with Crippen molar-refractivity contribution in [2.45, 2.75) is 38.1 Å². The Bertz CT molecular complexity index is 887. The highest BCUT2D eigenvalue weighted by molar-refractivity contribution is 6.11. The summed E-state index contributed by atoms with van der Waals surface area (Å²) in [6.45, 7) is 0. The summed E-state index contributed by atoms with van der Waals surface area (Å²) in [6.07, 6.45) is 9.29. The van der Waals surface area contributed by atoms with Crippen LogP contribution in [0.2, 0.25) is 0 Å². The van der Waals surface area contributed by atoms with E-state index in [2.05, 4.69) is 20.6 Å². The van der Waals surface area contributed by atoms with Gasteiger partial charge in [-0.25, -0.2) is 4.79 Å². The number of pyridine rings is 2. The molecule has 5 nitrogen and oxygen atoms in total. The number of benzene rings is 1. The van der Waals surface area contributed by atoms with Gasteiger partial charge in [0.15, 0.2) is 0 Å². The van der Waals surface area contributed by atoms with Crippen molar-refractivity contribution < 1.29 is 4.79 Å². The van der Waals surface area contributed by atoms with Crippen molar-refractivity contribution >= 4 is 33.5 Å². The number of rotatable bonds is 2. The topological polar surface area (TPSA) is 66.9 Å². The normalized spacial score (nSPS) is 15.5. The van der Waals surface area contributed by atoms with E-state index >= 15 is 0 Å². The molecule has 0 bridgehead atoms. The Morgan fingerprint density at radius 2 is 1.75 bits per heavy atom. The summed E-state index contributed by atoms with van der Waals surface area (Å²) in [5.74, 6) is 0. The lowest BCUT2D eigenvalue weighted by Gasteiger charge is -2.23. The number of anilines is 1. The monoisotopic (exact) mass is 320 g/mol. The van der Waals surface area contributed by atoms with Crippen molar-refractivity contribution in [2.24, 2.45) is 0 Å². The maximum absolute atomic E-state index is 12.4. The molecule has 4 rings (SSSR count). The fraction of sp³-hybridized carbons (Fsp3) is 0.316. The van der Waals surface area contributed by atoms with E-state index in [1.807, 2.05) is 30.3 Å². The minimum atomic E-state index is -0.155. The van der Waals surface area contributed by atoms with Crippen molar-refractivity contribution in [2.75, 3.05) is 5.32 Å². The number of fused-ring (bicyclic) bond motifs is 3. The van der Waals surface area contributed by atoms with Crippen LogP contribution in [0.5, 0.6) is 0 Å². The minimum absolute atomic E-state index is 0.155. The molecule has 122 valence electrons. The Hall–Kier alpha value is -2.69. The molecule has 1 fully saturated rings. The van der Waals surface area contributed by atoms with Crippen LogP contribution >= 0.6 is 0 Å². The Labute approximate surface area is 140 Å². The van der Waals surface area contributed by atoms with E-state index < -0.39 is 0 Å². The number of amides is 2. The number of carbonyl (C=O) groups is 1. The quantitative estimate of drug-likeness (QED) is 0.694. The molecule has 5 heteroatoms. The van der Waals surface area contributed by atoms with Gasteiger partial charge in [-0.1, -0.05) is 25.3 Å². The Morgan fingerprint density at radius 1 is 1.00 bits per heavy atom. The Balaban J connectivity index is 1.66. The second-order valence-electron chi connectivity index (χ2n) is 6.33. The highest BCUT2D eigenvalue weighted by Crippen LogP contribution is 2.29. The molecule has 1 aromatic carbocycles. The predicted molar refractivity (Wildman–Crippen MR) is 96.1 cm³/mol. The maximum Gasteiger partial charge on any atom is 0.319 e. The number of hydrogen-bond acceptors (Lipinski definition) is 3. The van der Waals surface area contributed by atoms with Crippen LogP contribution in [0.3, 0.4) is 0 Å². The van der Waals surface area contributed by atoms with E-state index in [1.165, 1.54) is 19.3 Å². The van der Waals surface area contributed by atoms with Gasteiger partial charge in [-0.05, 0) is 37.1 Å². The number of nitrogens with zero attached hydrogens (tertiary/aromatic N) is 2. The summed E-state index contributed by atoms with van der Waals surface area (Å²) in [5, 5.41) is 8.01. The average Bonchev–Trinajstić information content (AvgIpc) is 2.63. The van der Waals surface area contributed by atoms with Gasteiger partial charge in [0.05, 0.1) is 16.7 Å². The second-order valence-corrected chi connectivity index (χ2v) is 6.33. The van der Waals surface area contributed by atoms with Gasteiger partial charge in [-0.2, -0.15) is 0 Å². The zero-order chi connectivity index (χ0) is 16.4. The molecule has 3 aromatic rings. The second kappa shape index (κ2) is 6.43. The van der Waals surface area contributed by atoms with Gasteiger partial charge in [0.25, 0.3) is 0 Å². The summed E-state index contributed by atoms with van der Waals surface area (Å²) < 4.78 is 0. The summed E-state index contributed by atoms with van der Waals surface area (Å²) in [4.78, 5) is 21.3. The van der Waals surface area contributed by atoms with Crippen LogP contribution in [-0.4, -0.2) is 22.0 Å². The van der Waals surface area contributed by atoms with Gasteiger partial charge in [0.2, 0.25) is 0 Å². The first-order valence-electron chi connectivity index (χ1n) is 8.51. The zero-order valence-electron chi connectivity index (χ0n) is 13.5.